The summed E-state index contributed by atoms with van der Waals surface area (Å²) in [4.78, 5) is 4.48. The van der Waals surface area contributed by atoms with E-state index in [4.69, 9.17) is 0 Å². The van der Waals surface area contributed by atoms with Crippen LogP contribution in [0.5, 0.6) is 0 Å². The van der Waals surface area contributed by atoms with E-state index in [0.29, 0.717) is 5.69 Å². The summed E-state index contributed by atoms with van der Waals surface area (Å²) in [6.07, 6.45) is 0. The molecule has 100 valence electrons. The minimum absolute atomic E-state index is 0.288. The molecule has 0 fully saturated rings. The zero-order valence-corrected chi connectivity index (χ0v) is 11.3. The molecule has 0 bridgehead atoms. The molecule has 0 saturated heterocycles. The Kier molecular flexibility index (Phi) is 2.68. The molecular formula is C19H12FN. The van der Waals surface area contributed by atoms with Gasteiger partial charge in [0.15, 0.2) is 0 Å². The first-order valence-corrected chi connectivity index (χ1v) is 6.86. The van der Waals surface area contributed by atoms with Gasteiger partial charge in [-0.25, -0.2) is 9.37 Å². The van der Waals surface area contributed by atoms with Gasteiger partial charge in [0.1, 0.15) is 11.5 Å². The van der Waals surface area contributed by atoms with Crippen molar-refractivity contribution in [1.82, 2.24) is 4.98 Å². The maximum atomic E-state index is 14.3. The first-order valence-electron chi connectivity index (χ1n) is 6.86. The van der Waals surface area contributed by atoms with Gasteiger partial charge in [-0.1, -0.05) is 54.6 Å². The molecule has 0 aliphatic heterocycles. The van der Waals surface area contributed by atoms with Gasteiger partial charge < -0.3 is 0 Å². The molecule has 21 heavy (non-hydrogen) atoms. The number of para-hydroxylation sites is 1. The van der Waals surface area contributed by atoms with Crippen LogP contribution in [0.4, 0.5) is 4.39 Å². The summed E-state index contributed by atoms with van der Waals surface area (Å²) in [5.74, 6) is -0.288. The van der Waals surface area contributed by atoms with Crippen LogP contribution in [-0.2, 0) is 0 Å². The van der Waals surface area contributed by atoms with Crippen LogP contribution < -0.4 is 0 Å². The fourth-order valence-electron chi connectivity index (χ4n) is 2.63. The summed E-state index contributed by atoms with van der Waals surface area (Å²) in [6.45, 7) is 0. The molecule has 0 unspecified atom stereocenters. The molecule has 0 aliphatic rings. The summed E-state index contributed by atoms with van der Waals surface area (Å²) in [6, 6.07) is 23.1. The number of aromatic nitrogens is 1. The third kappa shape index (κ3) is 2.05. The van der Waals surface area contributed by atoms with E-state index in [1.165, 1.54) is 0 Å². The van der Waals surface area contributed by atoms with Crippen LogP contribution in [0, 0.1) is 5.82 Å². The zero-order valence-electron chi connectivity index (χ0n) is 11.3. The van der Waals surface area contributed by atoms with Crippen LogP contribution in [0.1, 0.15) is 0 Å². The smallest absolute Gasteiger partial charge is 0.150 e. The average molecular weight is 273 g/mol. The Morgan fingerprint density at radius 3 is 2.24 bits per heavy atom. The van der Waals surface area contributed by atoms with Crippen molar-refractivity contribution < 1.29 is 4.39 Å². The largest absolute Gasteiger partial charge is 0.245 e. The van der Waals surface area contributed by atoms with E-state index in [9.17, 15) is 4.39 Å². The van der Waals surface area contributed by atoms with Gasteiger partial charge in [0.05, 0.1) is 5.52 Å². The number of fused-ring (bicyclic) bond motifs is 2. The second-order valence-electron chi connectivity index (χ2n) is 5.07. The number of nitrogens with zero attached hydrogens (tertiary/aromatic N) is 1. The van der Waals surface area contributed by atoms with E-state index in [0.717, 1.165) is 27.2 Å². The van der Waals surface area contributed by atoms with E-state index < -0.39 is 0 Å². The van der Waals surface area contributed by atoms with Crippen molar-refractivity contribution in [3.05, 3.63) is 78.6 Å². The van der Waals surface area contributed by atoms with Crippen molar-refractivity contribution in [3.63, 3.8) is 0 Å². The monoisotopic (exact) mass is 273 g/mol. The Morgan fingerprint density at radius 2 is 1.38 bits per heavy atom. The molecule has 1 nitrogen and oxygen atoms in total. The summed E-state index contributed by atoms with van der Waals surface area (Å²) >= 11 is 0. The number of halogens is 1. The molecule has 4 aromatic rings. The van der Waals surface area contributed by atoms with Gasteiger partial charge in [-0.15, -0.1) is 0 Å². The molecule has 0 aliphatic carbocycles. The van der Waals surface area contributed by atoms with E-state index >= 15 is 0 Å². The highest BCUT2D eigenvalue weighted by Gasteiger charge is 2.09. The fourth-order valence-corrected chi connectivity index (χ4v) is 2.63. The predicted octanol–water partition coefficient (Wildman–Crippen LogP) is 5.19. The van der Waals surface area contributed by atoms with Gasteiger partial charge in [0.25, 0.3) is 0 Å². The lowest BCUT2D eigenvalue weighted by molar-refractivity contribution is 0.628. The first-order chi connectivity index (χ1) is 10.3. The van der Waals surface area contributed by atoms with Gasteiger partial charge in [-0.05, 0) is 29.0 Å². The minimum atomic E-state index is -0.288. The molecule has 4 rings (SSSR count). The normalized spacial score (nSPS) is 11.1. The average Bonchev–Trinajstić information content (AvgIpc) is 2.54. The first kappa shape index (κ1) is 12.0. The fraction of sp³-hybridized carbons (Fsp3) is 0. The lowest BCUT2D eigenvalue weighted by Crippen LogP contribution is -1.91. The van der Waals surface area contributed by atoms with Crippen molar-refractivity contribution in [3.8, 4) is 11.3 Å². The quantitative estimate of drug-likeness (QED) is 0.465. The molecule has 1 heterocycles. The van der Waals surface area contributed by atoms with E-state index in [-0.39, 0.29) is 5.82 Å². The van der Waals surface area contributed by atoms with Gasteiger partial charge in [0.2, 0.25) is 0 Å². The zero-order chi connectivity index (χ0) is 14.2. The number of hydrogen-bond donors (Lipinski definition) is 0. The Bertz CT molecular complexity index is 960. The van der Waals surface area contributed by atoms with E-state index in [2.05, 4.69) is 4.98 Å². The number of rotatable bonds is 1. The van der Waals surface area contributed by atoms with Crippen LogP contribution in [0.25, 0.3) is 32.9 Å². The lowest BCUT2D eigenvalue weighted by Gasteiger charge is -2.06. The highest BCUT2D eigenvalue weighted by atomic mass is 19.1. The second-order valence-corrected chi connectivity index (χ2v) is 5.07. The van der Waals surface area contributed by atoms with Gasteiger partial charge >= 0.3 is 0 Å². The maximum Gasteiger partial charge on any atom is 0.150 e. The van der Waals surface area contributed by atoms with Crippen molar-refractivity contribution in [2.45, 2.75) is 0 Å². The van der Waals surface area contributed by atoms with Gasteiger partial charge in [-0.3, -0.25) is 0 Å². The molecule has 0 radical (unpaired) electrons. The van der Waals surface area contributed by atoms with Gasteiger partial charge in [0, 0.05) is 10.9 Å². The highest BCUT2D eigenvalue weighted by Crippen LogP contribution is 2.27. The van der Waals surface area contributed by atoms with Crippen LogP contribution in [0.3, 0.4) is 0 Å². The van der Waals surface area contributed by atoms with E-state index in [1.807, 2.05) is 66.7 Å². The van der Waals surface area contributed by atoms with Crippen LogP contribution in [-0.4, -0.2) is 4.98 Å². The van der Waals surface area contributed by atoms with E-state index in [1.54, 1.807) is 6.07 Å². The molecule has 2 heteroatoms. The highest BCUT2D eigenvalue weighted by molar-refractivity contribution is 5.88. The number of pyridine rings is 1. The molecule has 0 saturated carbocycles. The molecule has 0 amide bonds. The van der Waals surface area contributed by atoms with Crippen molar-refractivity contribution in [2.75, 3.05) is 0 Å². The van der Waals surface area contributed by atoms with Crippen LogP contribution >= 0.6 is 0 Å². The standard InChI is InChI=1S/C19H12FN/c20-17-12-15-7-3-4-8-18(15)21-19(17)16-10-9-13-5-1-2-6-14(13)11-16/h1-12H. The second kappa shape index (κ2) is 4.67. The maximum absolute atomic E-state index is 14.3. The third-order valence-corrected chi connectivity index (χ3v) is 3.70. The Morgan fingerprint density at radius 1 is 0.667 bits per heavy atom. The predicted molar refractivity (Wildman–Crippen MR) is 84.6 cm³/mol. The van der Waals surface area contributed by atoms with Crippen LogP contribution in [0.2, 0.25) is 0 Å². The molecule has 0 N–H and O–H groups in total. The van der Waals surface area contributed by atoms with Crippen LogP contribution in [0.15, 0.2) is 72.8 Å². The molecular weight excluding hydrogens is 261 g/mol. The molecule has 1 aromatic heterocycles. The minimum Gasteiger partial charge on any atom is -0.245 e. The summed E-state index contributed by atoms with van der Waals surface area (Å²) in [7, 11) is 0. The molecule has 0 atom stereocenters. The summed E-state index contributed by atoms with van der Waals surface area (Å²) in [5, 5.41) is 3.05. The van der Waals surface area contributed by atoms with Crippen molar-refractivity contribution in [1.29, 1.82) is 0 Å². The SMILES string of the molecule is Fc1cc2ccccc2nc1-c1ccc2ccccc2c1. The lowest BCUT2D eigenvalue weighted by atomic mass is 10.0. The molecule has 3 aromatic carbocycles. The summed E-state index contributed by atoms with van der Waals surface area (Å²) < 4.78 is 14.3. The molecule has 0 spiro atoms. The van der Waals surface area contributed by atoms with Crippen molar-refractivity contribution in [2.24, 2.45) is 0 Å². The Hall–Kier alpha value is -2.74. The topological polar surface area (TPSA) is 12.9 Å². The third-order valence-electron chi connectivity index (χ3n) is 3.70. The summed E-state index contributed by atoms with van der Waals surface area (Å²) in [5.41, 5.74) is 2.01. The number of hydrogen-bond acceptors (Lipinski definition) is 1. The van der Waals surface area contributed by atoms with Gasteiger partial charge in [-0.2, -0.15) is 0 Å². The Balaban J connectivity index is 1.96. The Labute approximate surface area is 121 Å². The van der Waals surface area contributed by atoms with Crippen molar-refractivity contribution >= 4 is 21.7 Å². The number of benzene rings is 3.